The second-order valence-electron chi connectivity index (χ2n) is 12.1. The number of hydrogen-bond acceptors (Lipinski definition) is 6. The molecular weight excluding hydrogens is 817 g/mol. The fourth-order valence-electron chi connectivity index (χ4n) is 6.26. The minimum absolute atomic E-state index is 0. The number of fused-ring (bicyclic) bond motifs is 8. The van der Waals surface area contributed by atoms with Gasteiger partial charge in [-0.3, -0.25) is 19.2 Å². The summed E-state index contributed by atoms with van der Waals surface area (Å²) < 4.78 is 0. The van der Waals surface area contributed by atoms with Gasteiger partial charge in [0.05, 0.1) is 22.8 Å². The molecule has 12 nitrogen and oxygen atoms in total. The van der Waals surface area contributed by atoms with Crippen molar-refractivity contribution < 1.29 is 67.3 Å². The smallest absolute Gasteiger partial charge is 0.657 e. The van der Waals surface area contributed by atoms with Crippen LogP contribution in [0.25, 0.3) is 44.4 Å². The molecule has 0 radical (unpaired) electrons. The van der Waals surface area contributed by atoms with Crippen LogP contribution in [0.5, 0.6) is 0 Å². The average Bonchev–Trinajstić information content (AvgIpc) is 3.66. The number of allylic oxidation sites excluding steroid dienone is 4. The van der Waals surface area contributed by atoms with E-state index < -0.39 is 23.9 Å². The number of rotatable bonds is 12. The molecule has 49 heavy (non-hydrogen) atoms. The van der Waals surface area contributed by atoms with E-state index in [1.165, 1.54) is 0 Å². The van der Waals surface area contributed by atoms with Crippen LogP contribution < -0.4 is 9.97 Å². The molecule has 250 valence electrons. The Labute approximate surface area is 302 Å². The summed E-state index contributed by atoms with van der Waals surface area (Å²) in [5.74, 6) is -3.82. The topological polar surface area (TPSA) is 203 Å². The molecule has 3 aromatic heterocycles. The van der Waals surface area contributed by atoms with Crippen molar-refractivity contribution in [2.75, 3.05) is 0 Å². The quantitative estimate of drug-likeness (QED) is 0.160. The number of nitrogens with zero attached hydrogens (tertiary/aromatic N) is 4. The van der Waals surface area contributed by atoms with E-state index in [1.54, 1.807) is 24.3 Å². The van der Waals surface area contributed by atoms with E-state index in [0.29, 0.717) is 44.8 Å². The van der Waals surface area contributed by atoms with Crippen molar-refractivity contribution in [3.05, 3.63) is 69.3 Å². The predicted molar refractivity (Wildman–Crippen MR) is 179 cm³/mol. The summed E-state index contributed by atoms with van der Waals surface area (Å²) in [5.41, 5.74) is 10.3. The first-order valence-electron chi connectivity index (χ1n) is 15.6. The van der Waals surface area contributed by atoms with Crippen LogP contribution in [0.15, 0.2) is 24.3 Å². The molecule has 0 fully saturated rings. The largest absolute Gasteiger partial charge is 2.00 e. The van der Waals surface area contributed by atoms with Gasteiger partial charge in [0.15, 0.2) is 0 Å². The van der Waals surface area contributed by atoms with E-state index >= 15 is 0 Å². The summed E-state index contributed by atoms with van der Waals surface area (Å²) in [5, 5.41) is 37.9. The number of aryl methyl sites for hydroxylation is 4. The Bertz CT molecular complexity index is 2100. The maximum absolute atomic E-state index is 11.6. The van der Waals surface area contributed by atoms with E-state index in [0.717, 1.165) is 44.5 Å². The molecule has 13 heteroatoms. The summed E-state index contributed by atoms with van der Waals surface area (Å²) in [6.07, 6.45) is 0.401. The second-order valence-corrected chi connectivity index (χ2v) is 12.1. The molecule has 8 bridgehead atoms. The molecule has 5 heterocycles. The van der Waals surface area contributed by atoms with E-state index in [9.17, 15) is 39.6 Å². The fourth-order valence-corrected chi connectivity index (χ4v) is 6.26. The molecule has 4 N–H and O–H groups in total. The second kappa shape index (κ2) is 15.3. The molecule has 0 spiro atoms. The summed E-state index contributed by atoms with van der Waals surface area (Å²) in [7, 11) is 0. The third kappa shape index (κ3) is 8.18. The Morgan fingerprint density at radius 3 is 1.31 bits per heavy atom. The molecule has 2 aliphatic rings. The van der Waals surface area contributed by atoms with Crippen LogP contribution in [0.2, 0.25) is 0 Å². The Morgan fingerprint density at radius 2 is 0.857 bits per heavy atom. The van der Waals surface area contributed by atoms with E-state index in [-0.39, 0.29) is 79.0 Å². The molecule has 0 atom stereocenters. The van der Waals surface area contributed by atoms with Crippen molar-refractivity contribution in [3.63, 3.8) is 0 Å². The molecule has 0 unspecified atom stereocenters. The number of aromatic nitrogens is 4. The monoisotopic (exact) mass is 854 g/mol. The van der Waals surface area contributed by atoms with Crippen molar-refractivity contribution >= 4 is 68.2 Å². The summed E-state index contributed by atoms with van der Waals surface area (Å²) in [6, 6.07) is 7.14. The van der Waals surface area contributed by atoms with Crippen LogP contribution in [0.1, 0.15) is 97.4 Å². The van der Waals surface area contributed by atoms with E-state index in [1.807, 2.05) is 27.7 Å². The summed E-state index contributed by atoms with van der Waals surface area (Å²) in [4.78, 5) is 65.9. The number of carboxylic acids is 4. The van der Waals surface area contributed by atoms with Crippen LogP contribution in [0, 0.1) is 13.8 Å². The number of carbonyl (C=O) groups is 4. The maximum atomic E-state index is 11.6. The van der Waals surface area contributed by atoms with Gasteiger partial charge in [0.25, 0.3) is 0 Å². The van der Waals surface area contributed by atoms with Crippen molar-refractivity contribution in [2.24, 2.45) is 0 Å². The molecule has 0 saturated heterocycles. The fraction of sp³-hybridized carbons (Fsp3) is 0.333. The number of carboxylic acid groups (broad SMARTS) is 4. The Morgan fingerprint density at radius 1 is 0.510 bits per heavy atom. The summed E-state index contributed by atoms with van der Waals surface area (Å²) in [6.45, 7) is 7.43. The molecule has 5 rings (SSSR count). The van der Waals surface area contributed by atoms with Gasteiger partial charge >= 0.3 is 51.5 Å². The van der Waals surface area contributed by atoms with Gasteiger partial charge in [-0.15, -0.1) is 22.1 Å². The Hall–Kier alpha value is -4.58. The van der Waals surface area contributed by atoms with Gasteiger partial charge in [0.1, 0.15) is 0 Å². The predicted octanol–water partition coefficient (Wildman–Crippen LogP) is 5.81. The Balaban J connectivity index is 0.00000541. The van der Waals surface area contributed by atoms with Gasteiger partial charge < -0.3 is 30.4 Å². The minimum Gasteiger partial charge on any atom is -0.657 e. The third-order valence-electron chi connectivity index (χ3n) is 9.00. The SMILES string of the molecule is CC1=C(CCC(=O)O)c2cc3nc(cc4[n-]c(cc5[n-]c(cc1n2)c(CCC(=O)O)c5C)c(CCC(=O)O)c4C)C(CCC(=O)O)=C3C.[Hg+2]. The van der Waals surface area contributed by atoms with Crippen molar-refractivity contribution in [1.29, 1.82) is 0 Å². The first kappa shape index (κ1) is 37.2. The van der Waals surface area contributed by atoms with Crippen molar-refractivity contribution in [3.8, 4) is 0 Å². The molecule has 0 amide bonds. The Kier molecular flexibility index (Phi) is 11.6. The first-order valence-corrected chi connectivity index (χ1v) is 15.6. The van der Waals surface area contributed by atoms with Crippen LogP contribution in [-0.2, 0) is 59.7 Å². The van der Waals surface area contributed by atoms with E-state index in [2.05, 4.69) is 0 Å². The maximum Gasteiger partial charge on any atom is 2.00 e. The zero-order valence-electron chi connectivity index (χ0n) is 27.9. The molecular formula is C36H36HgN4O8. The van der Waals surface area contributed by atoms with Crippen LogP contribution >= 0.6 is 0 Å². The van der Waals surface area contributed by atoms with Crippen LogP contribution in [-0.4, -0.2) is 54.3 Å². The molecule has 3 aromatic rings. The van der Waals surface area contributed by atoms with Gasteiger partial charge in [-0.2, -0.15) is 0 Å². The van der Waals surface area contributed by atoms with Gasteiger partial charge in [-0.1, -0.05) is 40.5 Å². The van der Waals surface area contributed by atoms with Gasteiger partial charge in [-0.25, -0.2) is 9.97 Å². The molecule has 0 aliphatic carbocycles. The van der Waals surface area contributed by atoms with Gasteiger partial charge in [-0.05, 0) is 81.7 Å². The normalized spacial score (nSPS) is 12.7. The van der Waals surface area contributed by atoms with E-state index in [4.69, 9.17) is 19.9 Å². The van der Waals surface area contributed by atoms with Gasteiger partial charge in [0.2, 0.25) is 0 Å². The minimum atomic E-state index is -0.954. The standard InChI is InChI=1S/C36H38N4O8.Hg/c1-17-21(5-9-33(41)42)29-14-26-19(3)23(7-11-35(45)46)31(39-26)16-28-20(4)24(8-12-36(47)48)32(40-28)15-27-18(2)22(6-10-34(43)44)30(38-27)13-25(17)37-29;/h13-16H,5-12H2,1-4H3,(H6,37,38,39,40,41,42,43,44,45,46,47,48);/q;+2/p-2. The number of hydrogen-bond donors (Lipinski definition) is 4. The average molecular weight is 853 g/mol. The third-order valence-corrected chi connectivity index (χ3v) is 9.00. The zero-order valence-corrected chi connectivity index (χ0v) is 33.4. The zero-order chi connectivity index (χ0) is 34.9. The number of aliphatic carboxylic acids is 4. The van der Waals surface area contributed by atoms with Crippen LogP contribution in [0.3, 0.4) is 0 Å². The van der Waals surface area contributed by atoms with Crippen molar-refractivity contribution in [1.82, 2.24) is 19.9 Å². The molecule has 0 aromatic carbocycles. The first-order chi connectivity index (χ1) is 22.7. The van der Waals surface area contributed by atoms with Gasteiger partial charge in [0, 0.05) is 25.7 Å². The van der Waals surface area contributed by atoms with Crippen molar-refractivity contribution in [2.45, 2.75) is 79.1 Å². The molecule has 2 aliphatic heterocycles. The summed E-state index contributed by atoms with van der Waals surface area (Å²) >= 11 is 0. The molecule has 0 saturated carbocycles. The van der Waals surface area contributed by atoms with Crippen LogP contribution in [0.4, 0.5) is 0 Å².